The van der Waals surface area contributed by atoms with Crippen LogP contribution in [0.15, 0.2) is 174 Å². The van der Waals surface area contributed by atoms with Crippen molar-refractivity contribution >= 4 is 43.3 Å². The highest BCUT2D eigenvalue weighted by Crippen LogP contribution is 2.64. The van der Waals surface area contributed by atoms with Crippen LogP contribution in [0, 0.1) is 0 Å². The molecule has 0 amide bonds. The van der Waals surface area contributed by atoms with Crippen LogP contribution in [-0.4, -0.2) is 15.0 Å². The molecule has 1 unspecified atom stereocenters. The Morgan fingerprint density at radius 2 is 1.02 bits per heavy atom. The topological polar surface area (TPSA) is 38.7 Å². The second-order valence-corrected chi connectivity index (χ2v) is 15.3. The van der Waals surface area contributed by atoms with Crippen molar-refractivity contribution in [1.82, 2.24) is 15.0 Å². The summed E-state index contributed by atoms with van der Waals surface area (Å²) < 4.78 is 2.64. The van der Waals surface area contributed by atoms with Crippen LogP contribution in [0.2, 0.25) is 0 Å². The summed E-state index contributed by atoms with van der Waals surface area (Å²) in [4.78, 5) is 17.8. The molecule has 238 valence electrons. The molecule has 9 aromatic rings. The Labute approximate surface area is 303 Å². The number of benzene rings is 7. The van der Waals surface area contributed by atoms with Gasteiger partial charge in [0.05, 0.1) is 5.41 Å². The van der Waals surface area contributed by atoms with E-state index in [1.807, 2.05) is 59.5 Å². The molecule has 0 saturated heterocycles. The van der Waals surface area contributed by atoms with Crippen LogP contribution >= 0.6 is 23.1 Å². The summed E-state index contributed by atoms with van der Waals surface area (Å²) in [6.07, 6.45) is 0. The summed E-state index contributed by atoms with van der Waals surface area (Å²) in [5, 5.41) is 2.67. The standard InChI is InChI=1S/C46H27N3S2/c1-3-13-28(14-4-1)43-47-44(29-15-5-2-6-16-29)49-45(48-43)30-23-25-39-36(27-30)46(34-20-10-12-22-38(34)51-39)33-19-9-7-17-31(33)41-35(46)24-26-40-42(41)32-18-8-11-21-37(32)50-40/h1-27H. The zero-order valence-corrected chi connectivity index (χ0v) is 28.9. The molecule has 2 aromatic heterocycles. The van der Waals surface area contributed by atoms with E-state index in [1.165, 1.54) is 63.3 Å². The van der Waals surface area contributed by atoms with Gasteiger partial charge in [0, 0.05) is 46.7 Å². The Morgan fingerprint density at radius 3 is 1.78 bits per heavy atom. The zero-order valence-electron chi connectivity index (χ0n) is 27.2. The van der Waals surface area contributed by atoms with Crippen LogP contribution in [0.5, 0.6) is 0 Å². The fourth-order valence-corrected chi connectivity index (χ4v) is 10.6. The van der Waals surface area contributed by atoms with Gasteiger partial charge in [-0.05, 0) is 63.7 Å². The van der Waals surface area contributed by atoms with Crippen molar-refractivity contribution in [3.8, 4) is 45.3 Å². The molecule has 7 aromatic carbocycles. The fraction of sp³-hybridized carbons (Fsp3) is 0.0217. The molecular weight excluding hydrogens is 659 g/mol. The molecule has 1 spiro atoms. The van der Waals surface area contributed by atoms with Gasteiger partial charge in [0.2, 0.25) is 0 Å². The lowest BCUT2D eigenvalue weighted by Crippen LogP contribution is -2.32. The van der Waals surface area contributed by atoms with E-state index in [0.717, 1.165) is 16.7 Å². The van der Waals surface area contributed by atoms with Crippen LogP contribution in [0.4, 0.5) is 0 Å². The maximum Gasteiger partial charge on any atom is 0.164 e. The van der Waals surface area contributed by atoms with Crippen molar-refractivity contribution < 1.29 is 0 Å². The number of hydrogen-bond acceptors (Lipinski definition) is 5. The minimum Gasteiger partial charge on any atom is -0.208 e. The lowest BCUT2D eigenvalue weighted by molar-refractivity contribution is 0.723. The average Bonchev–Trinajstić information content (AvgIpc) is 3.72. The van der Waals surface area contributed by atoms with Crippen LogP contribution in [0.25, 0.3) is 65.5 Å². The molecular formula is C46H27N3S2. The van der Waals surface area contributed by atoms with Gasteiger partial charge in [-0.2, -0.15) is 0 Å². The monoisotopic (exact) mass is 685 g/mol. The minimum absolute atomic E-state index is 0.520. The number of rotatable bonds is 3. The first-order valence-electron chi connectivity index (χ1n) is 17.1. The largest absolute Gasteiger partial charge is 0.208 e. The Hall–Kier alpha value is -5.88. The van der Waals surface area contributed by atoms with Crippen LogP contribution in [0.3, 0.4) is 0 Å². The molecule has 51 heavy (non-hydrogen) atoms. The van der Waals surface area contributed by atoms with Crippen LogP contribution < -0.4 is 0 Å². The molecule has 0 fully saturated rings. The van der Waals surface area contributed by atoms with Gasteiger partial charge in [-0.3, -0.25) is 0 Å². The lowest BCUT2D eigenvalue weighted by Gasteiger charge is -2.39. The van der Waals surface area contributed by atoms with Crippen molar-refractivity contribution in [3.05, 3.63) is 186 Å². The highest BCUT2D eigenvalue weighted by Gasteiger charge is 2.51. The second kappa shape index (κ2) is 11.1. The van der Waals surface area contributed by atoms with Gasteiger partial charge in [0.15, 0.2) is 17.5 Å². The SMILES string of the molecule is c1ccc(-c2nc(-c3ccccc3)nc(-c3ccc4c(c3)C3(c5ccccc5S4)c4ccccc4-c4c3ccc3sc5ccccc5c43)n2)cc1. The van der Waals surface area contributed by atoms with Gasteiger partial charge in [0.25, 0.3) is 0 Å². The molecule has 0 saturated carbocycles. The fourth-order valence-electron chi connectivity index (χ4n) is 8.28. The third-order valence-corrected chi connectivity index (χ3v) is 12.7. The third kappa shape index (κ3) is 4.16. The van der Waals surface area contributed by atoms with Gasteiger partial charge in [-0.25, -0.2) is 15.0 Å². The summed E-state index contributed by atoms with van der Waals surface area (Å²) in [7, 11) is 0. The van der Waals surface area contributed by atoms with E-state index in [-0.39, 0.29) is 0 Å². The number of nitrogens with zero attached hydrogens (tertiary/aromatic N) is 3. The molecule has 11 rings (SSSR count). The first-order valence-corrected chi connectivity index (χ1v) is 18.7. The van der Waals surface area contributed by atoms with Gasteiger partial charge in [0.1, 0.15) is 0 Å². The second-order valence-electron chi connectivity index (χ2n) is 13.1. The summed E-state index contributed by atoms with van der Waals surface area (Å²) in [6, 6.07) is 58.9. The summed E-state index contributed by atoms with van der Waals surface area (Å²) in [5.74, 6) is 1.99. The van der Waals surface area contributed by atoms with Crippen LogP contribution in [-0.2, 0) is 5.41 Å². The van der Waals surface area contributed by atoms with Crippen molar-refractivity contribution in [2.24, 2.45) is 0 Å². The number of fused-ring (bicyclic) bond motifs is 13. The number of thiophene rings is 1. The Bertz CT molecular complexity index is 2790. The van der Waals surface area contributed by atoms with Gasteiger partial charge >= 0.3 is 0 Å². The average molecular weight is 686 g/mol. The molecule has 0 bridgehead atoms. The lowest BCUT2D eigenvalue weighted by atomic mass is 9.67. The smallest absolute Gasteiger partial charge is 0.164 e. The van der Waals surface area contributed by atoms with Crippen LogP contribution in [0.1, 0.15) is 22.3 Å². The van der Waals surface area contributed by atoms with E-state index in [9.17, 15) is 0 Å². The van der Waals surface area contributed by atoms with E-state index < -0.39 is 5.41 Å². The quantitative estimate of drug-likeness (QED) is 0.186. The molecule has 0 N–H and O–H groups in total. The molecule has 0 radical (unpaired) electrons. The normalized spacial score (nSPS) is 15.5. The van der Waals surface area contributed by atoms with Crippen molar-refractivity contribution in [1.29, 1.82) is 0 Å². The van der Waals surface area contributed by atoms with E-state index in [0.29, 0.717) is 17.5 Å². The van der Waals surface area contributed by atoms with E-state index in [1.54, 1.807) is 0 Å². The first-order chi connectivity index (χ1) is 25.3. The van der Waals surface area contributed by atoms with E-state index in [4.69, 9.17) is 15.0 Å². The predicted octanol–water partition coefficient (Wildman–Crippen LogP) is 12.1. The maximum absolute atomic E-state index is 5.14. The molecule has 2 aliphatic rings. The Morgan fingerprint density at radius 1 is 0.412 bits per heavy atom. The van der Waals surface area contributed by atoms with Crippen molar-refractivity contribution in [2.45, 2.75) is 15.2 Å². The highest BCUT2D eigenvalue weighted by atomic mass is 32.2. The molecule has 1 atom stereocenters. The van der Waals surface area contributed by atoms with Crippen molar-refractivity contribution in [3.63, 3.8) is 0 Å². The highest BCUT2D eigenvalue weighted by molar-refractivity contribution is 7.99. The van der Waals surface area contributed by atoms with E-state index in [2.05, 4.69) is 127 Å². The molecule has 3 heterocycles. The summed E-state index contributed by atoms with van der Waals surface area (Å²) in [6.45, 7) is 0. The maximum atomic E-state index is 5.14. The zero-order chi connectivity index (χ0) is 33.5. The van der Waals surface area contributed by atoms with Crippen molar-refractivity contribution in [2.75, 3.05) is 0 Å². The molecule has 5 heteroatoms. The number of hydrogen-bond donors (Lipinski definition) is 0. The minimum atomic E-state index is -0.520. The summed E-state index contributed by atoms with van der Waals surface area (Å²) in [5.41, 5.74) is 10.2. The van der Waals surface area contributed by atoms with Gasteiger partial charge in [-0.1, -0.05) is 145 Å². The Kier molecular flexibility index (Phi) is 6.27. The van der Waals surface area contributed by atoms with Gasteiger partial charge < -0.3 is 0 Å². The molecule has 1 aliphatic heterocycles. The number of aromatic nitrogens is 3. The summed E-state index contributed by atoms with van der Waals surface area (Å²) >= 11 is 3.73. The molecule has 1 aliphatic carbocycles. The first kappa shape index (κ1) is 28.9. The van der Waals surface area contributed by atoms with E-state index >= 15 is 0 Å². The third-order valence-electron chi connectivity index (χ3n) is 10.4. The molecule has 3 nitrogen and oxygen atoms in total. The predicted molar refractivity (Wildman–Crippen MR) is 210 cm³/mol. The Balaban J connectivity index is 1.22. The van der Waals surface area contributed by atoms with Gasteiger partial charge in [-0.15, -0.1) is 11.3 Å².